The Morgan fingerprint density at radius 1 is 1.00 bits per heavy atom. The molecule has 14 heavy (non-hydrogen) atoms. The molecule has 2 nitrogen and oxygen atoms in total. The maximum absolute atomic E-state index is 5.90. The van der Waals surface area contributed by atoms with Crippen LogP contribution in [0, 0.1) is 17.3 Å². The molecule has 0 aromatic carbocycles. The number of hydrogen-bond acceptors (Lipinski definition) is 2. The molecule has 0 amide bonds. The third kappa shape index (κ3) is 1.17. The van der Waals surface area contributed by atoms with E-state index in [0.29, 0.717) is 11.5 Å². The van der Waals surface area contributed by atoms with E-state index in [9.17, 15) is 0 Å². The second kappa shape index (κ2) is 3.21. The van der Waals surface area contributed by atoms with Gasteiger partial charge < -0.3 is 10.5 Å². The highest BCUT2D eigenvalue weighted by Gasteiger charge is 2.54. The number of ether oxygens (including phenoxy) is 1. The van der Waals surface area contributed by atoms with Crippen LogP contribution in [0.1, 0.15) is 38.5 Å². The average Bonchev–Trinajstić information content (AvgIpc) is 2.52. The van der Waals surface area contributed by atoms with E-state index >= 15 is 0 Å². The van der Waals surface area contributed by atoms with Crippen LogP contribution in [0.5, 0.6) is 0 Å². The smallest absolute Gasteiger partial charge is 0.0550 e. The van der Waals surface area contributed by atoms with Crippen LogP contribution in [-0.4, -0.2) is 19.3 Å². The summed E-state index contributed by atoms with van der Waals surface area (Å²) in [5.41, 5.74) is 6.48. The molecule has 0 bridgehead atoms. The van der Waals surface area contributed by atoms with E-state index < -0.39 is 0 Å². The number of nitrogens with two attached hydrogens (primary N) is 1. The summed E-state index contributed by atoms with van der Waals surface area (Å²) in [6, 6.07) is 0.499. The Morgan fingerprint density at radius 2 is 1.64 bits per heavy atom. The lowest BCUT2D eigenvalue weighted by atomic mass is 9.56. The van der Waals surface area contributed by atoms with Crippen molar-refractivity contribution in [1.82, 2.24) is 0 Å². The van der Waals surface area contributed by atoms with E-state index in [1.54, 1.807) is 0 Å². The second-order valence-electron chi connectivity index (χ2n) is 5.64. The molecule has 2 N–H and O–H groups in total. The SMILES string of the molecule is NC1CC(C2(C3CCCC3)COC2)C1. The molecule has 3 rings (SSSR count). The molecule has 2 heteroatoms. The molecule has 80 valence electrons. The van der Waals surface area contributed by atoms with Crippen molar-refractivity contribution in [2.75, 3.05) is 13.2 Å². The predicted octanol–water partition coefficient (Wildman–Crippen LogP) is 1.93. The maximum atomic E-state index is 5.90. The highest BCUT2D eigenvalue weighted by Crippen LogP contribution is 2.55. The maximum Gasteiger partial charge on any atom is 0.0550 e. The molecule has 3 fully saturated rings. The number of rotatable bonds is 2. The van der Waals surface area contributed by atoms with Crippen molar-refractivity contribution in [1.29, 1.82) is 0 Å². The summed E-state index contributed by atoms with van der Waals surface area (Å²) < 4.78 is 5.50. The van der Waals surface area contributed by atoms with Gasteiger partial charge in [0.25, 0.3) is 0 Å². The Kier molecular flexibility index (Phi) is 2.10. The Labute approximate surface area is 86.2 Å². The van der Waals surface area contributed by atoms with Crippen LogP contribution in [0.15, 0.2) is 0 Å². The summed E-state index contributed by atoms with van der Waals surface area (Å²) in [5.74, 6) is 1.86. The van der Waals surface area contributed by atoms with Crippen molar-refractivity contribution in [2.45, 2.75) is 44.6 Å². The van der Waals surface area contributed by atoms with Gasteiger partial charge in [-0.05, 0) is 37.5 Å². The summed E-state index contributed by atoms with van der Waals surface area (Å²) in [6.45, 7) is 2.07. The first-order chi connectivity index (χ1) is 6.81. The zero-order valence-electron chi connectivity index (χ0n) is 8.87. The lowest BCUT2D eigenvalue weighted by Gasteiger charge is -2.56. The topological polar surface area (TPSA) is 35.2 Å². The summed E-state index contributed by atoms with van der Waals surface area (Å²) in [4.78, 5) is 0. The van der Waals surface area contributed by atoms with Crippen molar-refractivity contribution in [3.63, 3.8) is 0 Å². The van der Waals surface area contributed by atoms with Gasteiger partial charge in [0.05, 0.1) is 13.2 Å². The lowest BCUT2D eigenvalue weighted by Crippen LogP contribution is -2.58. The first kappa shape index (κ1) is 9.17. The average molecular weight is 195 g/mol. The molecule has 2 aliphatic carbocycles. The van der Waals surface area contributed by atoms with Gasteiger partial charge in [0.15, 0.2) is 0 Å². The van der Waals surface area contributed by atoms with Crippen LogP contribution in [-0.2, 0) is 4.74 Å². The molecule has 3 aliphatic rings. The molecule has 2 saturated carbocycles. The number of hydrogen-bond donors (Lipinski definition) is 1. The van der Waals surface area contributed by atoms with E-state index in [1.165, 1.54) is 38.5 Å². The van der Waals surface area contributed by atoms with E-state index in [1.807, 2.05) is 0 Å². The molecule has 0 aromatic rings. The molecule has 0 atom stereocenters. The lowest BCUT2D eigenvalue weighted by molar-refractivity contribution is -0.194. The highest BCUT2D eigenvalue weighted by molar-refractivity contribution is 5.03. The van der Waals surface area contributed by atoms with E-state index in [4.69, 9.17) is 10.5 Å². The molecule has 1 heterocycles. The van der Waals surface area contributed by atoms with Gasteiger partial charge in [0, 0.05) is 11.5 Å². The molecule has 0 spiro atoms. The minimum Gasteiger partial charge on any atom is -0.380 e. The summed E-state index contributed by atoms with van der Waals surface area (Å²) in [6.07, 6.45) is 8.33. The van der Waals surface area contributed by atoms with Gasteiger partial charge in [-0.2, -0.15) is 0 Å². The third-order valence-electron chi connectivity index (χ3n) is 4.90. The van der Waals surface area contributed by atoms with Crippen LogP contribution >= 0.6 is 0 Å². The van der Waals surface area contributed by atoms with Crippen LogP contribution in [0.3, 0.4) is 0 Å². The van der Waals surface area contributed by atoms with E-state index in [-0.39, 0.29) is 0 Å². The van der Waals surface area contributed by atoms with Crippen molar-refractivity contribution < 1.29 is 4.74 Å². The van der Waals surface area contributed by atoms with Crippen molar-refractivity contribution in [3.8, 4) is 0 Å². The molecular formula is C12H21NO. The van der Waals surface area contributed by atoms with Gasteiger partial charge in [-0.1, -0.05) is 12.8 Å². The monoisotopic (exact) mass is 195 g/mol. The van der Waals surface area contributed by atoms with Crippen molar-refractivity contribution in [2.24, 2.45) is 23.0 Å². The van der Waals surface area contributed by atoms with Gasteiger partial charge in [-0.15, -0.1) is 0 Å². The molecule has 0 radical (unpaired) electrons. The summed E-state index contributed by atoms with van der Waals surface area (Å²) in [5, 5.41) is 0. The highest BCUT2D eigenvalue weighted by atomic mass is 16.5. The normalized spacial score (nSPS) is 41.8. The van der Waals surface area contributed by atoms with Gasteiger partial charge in [0.1, 0.15) is 0 Å². The van der Waals surface area contributed by atoms with Crippen LogP contribution in [0.25, 0.3) is 0 Å². The summed E-state index contributed by atoms with van der Waals surface area (Å²) in [7, 11) is 0. The van der Waals surface area contributed by atoms with E-state index in [0.717, 1.165) is 25.0 Å². The van der Waals surface area contributed by atoms with Gasteiger partial charge in [-0.25, -0.2) is 0 Å². The van der Waals surface area contributed by atoms with Gasteiger partial charge in [-0.3, -0.25) is 0 Å². The molecule has 0 unspecified atom stereocenters. The molecule has 1 aliphatic heterocycles. The third-order valence-corrected chi connectivity index (χ3v) is 4.90. The Bertz CT molecular complexity index is 212. The van der Waals surface area contributed by atoms with E-state index in [2.05, 4.69) is 0 Å². The predicted molar refractivity (Wildman–Crippen MR) is 55.9 cm³/mol. The van der Waals surface area contributed by atoms with Crippen molar-refractivity contribution in [3.05, 3.63) is 0 Å². The van der Waals surface area contributed by atoms with Crippen LogP contribution in [0.2, 0.25) is 0 Å². The Hall–Kier alpha value is -0.0800. The zero-order valence-corrected chi connectivity index (χ0v) is 8.87. The first-order valence-electron chi connectivity index (χ1n) is 6.14. The fraction of sp³-hybridized carbons (Fsp3) is 1.00. The minimum absolute atomic E-state index is 0.499. The summed E-state index contributed by atoms with van der Waals surface area (Å²) >= 11 is 0. The fourth-order valence-electron chi connectivity index (χ4n) is 3.77. The standard InChI is InChI=1S/C12H21NO/c13-11-5-10(6-11)12(7-14-8-12)9-3-1-2-4-9/h9-11H,1-8,13H2. The van der Waals surface area contributed by atoms with Gasteiger partial charge >= 0.3 is 0 Å². The minimum atomic E-state index is 0.499. The molecule has 1 saturated heterocycles. The zero-order chi connectivity index (χ0) is 9.60. The first-order valence-corrected chi connectivity index (χ1v) is 6.14. The van der Waals surface area contributed by atoms with Crippen LogP contribution in [0.4, 0.5) is 0 Å². The van der Waals surface area contributed by atoms with Gasteiger partial charge in [0.2, 0.25) is 0 Å². The molecule has 0 aromatic heterocycles. The second-order valence-corrected chi connectivity index (χ2v) is 5.64. The Morgan fingerprint density at radius 3 is 2.07 bits per heavy atom. The fourth-order valence-corrected chi connectivity index (χ4v) is 3.77. The largest absolute Gasteiger partial charge is 0.380 e. The van der Waals surface area contributed by atoms with Crippen LogP contribution < -0.4 is 5.73 Å². The quantitative estimate of drug-likeness (QED) is 0.730. The Balaban J connectivity index is 1.70. The van der Waals surface area contributed by atoms with Crippen molar-refractivity contribution >= 4 is 0 Å². The molecular weight excluding hydrogens is 174 g/mol.